The van der Waals surface area contributed by atoms with Gasteiger partial charge < -0.3 is 19.6 Å². The fourth-order valence-corrected chi connectivity index (χ4v) is 2.91. The van der Waals surface area contributed by atoms with Crippen molar-refractivity contribution in [3.63, 3.8) is 0 Å². The van der Waals surface area contributed by atoms with Gasteiger partial charge in [-0.25, -0.2) is 4.98 Å². The number of carbonyl (C=O) groups is 2. The highest BCUT2D eigenvalue weighted by Crippen LogP contribution is 2.22. The van der Waals surface area contributed by atoms with Crippen molar-refractivity contribution in [3.8, 4) is 0 Å². The van der Waals surface area contributed by atoms with Gasteiger partial charge in [-0.3, -0.25) is 19.7 Å². The van der Waals surface area contributed by atoms with Crippen molar-refractivity contribution in [3.05, 3.63) is 58.1 Å². The summed E-state index contributed by atoms with van der Waals surface area (Å²) in [4.78, 5) is 43.2. The molecular weight excluding hydrogens is 354 g/mol. The van der Waals surface area contributed by atoms with Gasteiger partial charge in [0.25, 0.3) is 5.91 Å². The lowest BCUT2D eigenvalue weighted by atomic mass is 9.99. The summed E-state index contributed by atoms with van der Waals surface area (Å²) in [6.07, 6.45) is 0. The molecule has 3 aromatic rings. The number of fused-ring (bicyclic) bond motifs is 1. The number of nitrogens with zero attached hydrogens (tertiary/aromatic N) is 3. The number of likely N-dealkylation sites (tertiary alicyclic amines) is 1. The predicted molar refractivity (Wildman–Crippen MR) is 92.7 cm³/mol. The SMILES string of the molecule is O=C(NCc1nc2ccccc2[nH]1)C1CN(C(=O)c2ccc([N+](=O)[O-])o2)C1. The molecule has 0 bridgehead atoms. The molecule has 1 aromatic carbocycles. The van der Waals surface area contributed by atoms with Gasteiger partial charge in [0.15, 0.2) is 5.76 Å². The van der Waals surface area contributed by atoms with E-state index in [1.807, 2.05) is 24.3 Å². The average Bonchev–Trinajstić information content (AvgIpc) is 3.25. The predicted octanol–water partition coefficient (Wildman–Crippen LogP) is 1.45. The van der Waals surface area contributed by atoms with Crippen LogP contribution in [0.2, 0.25) is 0 Å². The number of carbonyl (C=O) groups excluding carboxylic acids is 2. The zero-order valence-corrected chi connectivity index (χ0v) is 14.0. The van der Waals surface area contributed by atoms with Gasteiger partial charge in [0.05, 0.1) is 29.6 Å². The number of H-pyrrole nitrogens is 1. The second kappa shape index (κ2) is 6.56. The lowest BCUT2D eigenvalue weighted by molar-refractivity contribution is -0.402. The van der Waals surface area contributed by atoms with Crippen LogP contribution in [0.3, 0.4) is 0 Å². The van der Waals surface area contributed by atoms with Crippen LogP contribution in [-0.4, -0.2) is 44.7 Å². The van der Waals surface area contributed by atoms with Gasteiger partial charge in [-0.2, -0.15) is 0 Å². The van der Waals surface area contributed by atoms with E-state index < -0.39 is 16.7 Å². The van der Waals surface area contributed by atoms with Gasteiger partial charge in [-0.15, -0.1) is 0 Å². The third-order valence-electron chi connectivity index (χ3n) is 4.39. The van der Waals surface area contributed by atoms with E-state index in [1.165, 1.54) is 11.0 Å². The summed E-state index contributed by atoms with van der Waals surface area (Å²) < 4.78 is 4.89. The van der Waals surface area contributed by atoms with Crippen LogP contribution < -0.4 is 5.32 Å². The maximum atomic E-state index is 12.2. The minimum atomic E-state index is -0.707. The van der Waals surface area contributed by atoms with Crippen LogP contribution in [0.25, 0.3) is 11.0 Å². The number of imidazole rings is 1. The molecule has 27 heavy (non-hydrogen) atoms. The largest absolute Gasteiger partial charge is 0.433 e. The lowest BCUT2D eigenvalue weighted by Gasteiger charge is -2.37. The van der Waals surface area contributed by atoms with Crippen molar-refractivity contribution < 1.29 is 18.9 Å². The molecule has 10 nitrogen and oxygen atoms in total. The zero-order valence-electron chi connectivity index (χ0n) is 14.0. The molecule has 1 aliphatic heterocycles. The Hall–Kier alpha value is -3.69. The Bertz CT molecular complexity index is 1000. The molecule has 10 heteroatoms. The Labute approximate surface area is 152 Å². The van der Waals surface area contributed by atoms with Crippen molar-refractivity contribution in [2.45, 2.75) is 6.54 Å². The van der Waals surface area contributed by atoms with Gasteiger partial charge >= 0.3 is 5.88 Å². The Kier molecular flexibility index (Phi) is 4.07. The first-order valence-electron chi connectivity index (χ1n) is 8.26. The Morgan fingerprint density at radius 3 is 2.78 bits per heavy atom. The van der Waals surface area contributed by atoms with Crippen molar-refractivity contribution in [2.75, 3.05) is 13.1 Å². The maximum absolute atomic E-state index is 12.2. The first kappa shape index (κ1) is 16.8. The smallest absolute Gasteiger partial charge is 0.395 e. The number of benzene rings is 1. The highest BCUT2D eigenvalue weighted by atomic mass is 16.6. The van der Waals surface area contributed by atoms with Crippen molar-refractivity contribution in [1.82, 2.24) is 20.2 Å². The molecule has 4 rings (SSSR count). The van der Waals surface area contributed by atoms with Crippen LogP contribution in [0.15, 0.2) is 40.8 Å². The minimum absolute atomic E-state index is 0.108. The summed E-state index contributed by atoms with van der Waals surface area (Å²) >= 11 is 0. The first-order chi connectivity index (χ1) is 13.0. The normalized spacial score (nSPS) is 14.1. The maximum Gasteiger partial charge on any atom is 0.433 e. The van der Waals surface area contributed by atoms with Crippen molar-refractivity contribution in [2.24, 2.45) is 5.92 Å². The number of amides is 2. The Balaban J connectivity index is 1.29. The molecule has 1 saturated heterocycles. The summed E-state index contributed by atoms with van der Waals surface area (Å²) in [5, 5.41) is 13.4. The highest BCUT2D eigenvalue weighted by molar-refractivity contribution is 5.94. The summed E-state index contributed by atoms with van der Waals surface area (Å²) in [5.41, 5.74) is 1.73. The van der Waals surface area contributed by atoms with Gasteiger partial charge in [-0.1, -0.05) is 12.1 Å². The number of hydrogen-bond donors (Lipinski definition) is 2. The summed E-state index contributed by atoms with van der Waals surface area (Å²) in [7, 11) is 0. The molecule has 0 radical (unpaired) electrons. The molecule has 1 aliphatic rings. The number of furan rings is 1. The van der Waals surface area contributed by atoms with Crippen LogP contribution in [0.5, 0.6) is 0 Å². The van der Waals surface area contributed by atoms with Crippen LogP contribution in [0.4, 0.5) is 5.88 Å². The minimum Gasteiger partial charge on any atom is -0.395 e. The standard InChI is InChI=1S/C17H15N5O5/c23-16(18-7-14-19-11-3-1-2-4-12(11)20-14)10-8-21(9-10)17(24)13-5-6-15(27-13)22(25)26/h1-6,10H,7-9H2,(H,18,23)(H,19,20). The Morgan fingerprint density at radius 2 is 2.07 bits per heavy atom. The summed E-state index contributed by atoms with van der Waals surface area (Å²) in [6, 6.07) is 9.96. The molecule has 0 saturated carbocycles. The quantitative estimate of drug-likeness (QED) is 0.516. The lowest BCUT2D eigenvalue weighted by Crippen LogP contribution is -2.55. The monoisotopic (exact) mass is 369 g/mol. The number of aromatic amines is 1. The van der Waals surface area contributed by atoms with Crippen molar-refractivity contribution >= 4 is 28.7 Å². The molecule has 2 aromatic heterocycles. The Morgan fingerprint density at radius 1 is 1.30 bits per heavy atom. The van der Waals surface area contributed by atoms with Gasteiger partial charge in [-0.05, 0) is 18.2 Å². The zero-order chi connectivity index (χ0) is 19.0. The van der Waals surface area contributed by atoms with E-state index in [9.17, 15) is 19.7 Å². The molecule has 0 atom stereocenters. The average molecular weight is 369 g/mol. The number of nitrogens with one attached hydrogen (secondary N) is 2. The molecule has 0 aliphatic carbocycles. The molecule has 0 unspecified atom stereocenters. The molecule has 138 valence electrons. The van der Waals surface area contributed by atoms with Crippen LogP contribution in [0, 0.1) is 16.0 Å². The molecule has 1 fully saturated rings. The van der Waals surface area contributed by atoms with E-state index in [1.54, 1.807) is 0 Å². The fourth-order valence-electron chi connectivity index (χ4n) is 2.91. The third kappa shape index (κ3) is 3.24. The number of para-hydroxylation sites is 2. The molecule has 2 amide bonds. The molecule has 0 spiro atoms. The second-order valence-corrected chi connectivity index (χ2v) is 6.22. The van der Waals surface area contributed by atoms with Crippen LogP contribution in [-0.2, 0) is 11.3 Å². The number of rotatable bonds is 5. The van der Waals surface area contributed by atoms with E-state index in [0.717, 1.165) is 17.1 Å². The van der Waals surface area contributed by atoms with E-state index in [-0.39, 0.29) is 37.2 Å². The first-order valence-corrected chi connectivity index (χ1v) is 8.26. The number of hydrogen-bond acceptors (Lipinski definition) is 6. The van der Waals surface area contributed by atoms with Gasteiger partial charge in [0.2, 0.25) is 5.91 Å². The van der Waals surface area contributed by atoms with Crippen LogP contribution >= 0.6 is 0 Å². The third-order valence-corrected chi connectivity index (χ3v) is 4.39. The van der Waals surface area contributed by atoms with E-state index >= 15 is 0 Å². The second-order valence-electron chi connectivity index (χ2n) is 6.22. The fraction of sp³-hybridized carbons (Fsp3) is 0.235. The van der Waals surface area contributed by atoms with E-state index in [0.29, 0.717) is 5.82 Å². The van der Waals surface area contributed by atoms with Crippen molar-refractivity contribution in [1.29, 1.82) is 0 Å². The number of aromatic nitrogens is 2. The van der Waals surface area contributed by atoms with E-state index in [2.05, 4.69) is 15.3 Å². The highest BCUT2D eigenvalue weighted by Gasteiger charge is 2.37. The molecule has 3 heterocycles. The summed E-state index contributed by atoms with van der Waals surface area (Å²) in [5.74, 6) is -0.917. The van der Waals surface area contributed by atoms with E-state index in [4.69, 9.17) is 4.42 Å². The van der Waals surface area contributed by atoms with Gasteiger partial charge in [0.1, 0.15) is 10.7 Å². The van der Waals surface area contributed by atoms with Gasteiger partial charge in [0, 0.05) is 13.1 Å². The molecule has 2 N–H and O–H groups in total. The summed E-state index contributed by atoms with van der Waals surface area (Å²) in [6.45, 7) is 0.737. The topological polar surface area (TPSA) is 134 Å². The van der Waals surface area contributed by atoms with Crippen LogP contribution in [0.1, 0.15) is 16.4 Å². The number of nitro groups is 1. The molecular formula is C17H15N5O5.